The van der Waals surface area contributed by atoms with Crippen LogP contribution in [-0.2, 0) is 9.53 Å². The number of ether oxygens (including phenoxy) is 1. The Morgan fingerprint density at radius 2 is 2.22 bits per heavy atom. The molecule has 0 spiro atoms. The summed E-state index contributed by atoms with van der Waals surface area (Å²) in [7, 11) is 0. The van der Waals surface area contributed by atoms with Gasteiger partial charge in [-0.25, -0.2) is 4.39 Å². The van der Waals surface area contributed by atoms with E-state index in [0.717, 1.165) is 17.4 Å². The third-order valence-electron chi connectivity index (χ3n) is 2.42. The van der Waals surface area contributed by atoms with Gasteiger partial charge in [0.05, 0.1) is 17.9 Å². The van der Waals surface area contributed by atoms with Crippen LogP contribution in [0, 0.1) is 5.82 Å². The van der Waals surface area contributed by atoms with Gasteiger partial charge in [0, 0.05) is 4.47 Å². The lowest BCUT2D eigenvalue weighted by molar-refractivity contribution is -0.139. The molecule has 0 unspecified atom stereocenters. The molecule has 1 N–H and O–H groups in total. The molecule has 6 nitrogen and oxygen atoms in total. The Bertz CT molecular complexity index is 726. The van der Waals surface area contributed by atoms with Crippen molar-refractivity contribution in [2.24, 2.45) is 0 Å². The zero-order chi connectivity index (χ0) is 16.8. The molecule has 0 aliphatic heterocycles. The number of carbonyl (C=O) groups is 2. The molecule has 1 amide bonds. The summed E-state index contributed by atoms with van der Waals surface area (Å²) in [5.74, 6) is -1.25. The molecular weight excluding hydrogens is 409 g/mol. The standard InChI is InChI=1S/C13H11BrFN3O3S2/c1-2-21-10(19)6-22-13-18-17-12(23-13)16-11(20)8-5-7(15)3-4-9(8)14/h3-5H,2,6H2,1H3,(H,16,17,20). The highest BCUT2D eigenvalue weighted by Gasteiger charge is 2.15. The Morgan fingerprint density at radius 3 is 2.96 bits per heavy atom. The van der Waals surface area contributed by atoms with Crippen LogP contribution >= 0.6 is 39.0 Å². The predicted octanol–water partition coefficient (Wildman–Crippen LogP) is 3.35. The van der Waals surface area contributed by atoms with E-state index in [1.807, 2.05) is 0 Å². The minimum absolute atomic E-state index is 0.117. The van der Waals surface area contributed by atoms with Crippen LogP contribution in [0.5, 0.6) is 0 Å². The molecule has 0 bridgehead atoms. The van der Waals surface area contributed by atoms with Crippen LogP contribution in [0.15, 0.2) is 27.0 Å². The van der Waals surface area contributed by atoms with Crippen LogP contribution in [0.4, 0.5) is 9.52 Å². The second kappa shape index (κ2) is 8.37. The van der Waals surface area contributed by atoms with Gasteiger partial charge in [-0.15, -0.1) is 10.2 Å². The summed E-state index contributed by atoms with van der Waals surface area (Å²) >= 11 is 5.48. The molecular formula is C13H11BrFN3O3S2. The van der Waals surface area contributed by atoms with Crippen LogP contribution in [0.2, 0.25) is 0 Å². The van der Waals surface area contributed by atoms with E-state index >= 15 is 0 Å². The number of hydrogen-bond acceptors (Lipinski definition) is 7. The summed E-state index contributed by atoms with van der Waals surface area (Å²) in [6, 6.07) is 3.82. The first kappa shape index (κ1) is 17.8. The number of benzene rings is 1. The van der Waals surface area contributed by atoms with Crippen LogP contribution in [0.1, 0.15) is 17.3 Å². The second-order valence-electron chi connectivity index (χ2n) is 4.05. The average Bonchev–Trinajstić information content (AvgIpc) is 2.95. The predicted molar refractivity (Wildman–Crippen MR) is 89.3 cm³/mol. The molecule has 23 heavy (non-hydrogen) atoms. The van der Waals surface area contributed by atoms with E-state index in [-0.39, 0.29) is 22.4 Å². The minimum atomic E-state index is -0.513. The monoisotopic (exact) mass is 419 g/mol. The number of aromatic nitrogens is 2. The van der Waals surface area contributed by atoms with E-state index in [4.69, 9.17) is 4.74 Å². The SMILES string of the molecule is CCOC(=O)CSc1nnc(NC(=O)c2cc(F)ccc2Br)s1. The number of amides is 1. The summed E-state index contributed by atoms with van der Waals surface area (Å²) in [6.45, 7) is 2.05. The largest absolute Gasteiger partial charge is 0.465 e. The second-order valence-corrected chi connectivity index (χ2v) is 7.10. The van der Waals surface area contributed by atoms with Gasteiger partial charge in [0.1, 0.15) is 5.82 Å². The molecule has 0 fully saturated rings. The van der Waals surface area contributed by atoms with E-state index in [0.29, 0.717) is 15.4 Å². The Labute approximate surface area is 148 Å². The van der Waals surface area contributed by atoms with Gasteiger partial charge in [0.2, 0.25) is 5.13 Å². The smallest absolute Gasteiger partial charge is 0.316 e. The van der Waals surface area contributed by atoms with Crippen molar-refractivity contribution in [3.8, 4) is 0 Å². The van der Waals surface area contributed by atoms with Gasteiger partial charge in [-0.2, -0.15) is 0 Å². The van der Waals surface area contributed by atoms with Gasteiger partial charge in [0.25, 0.3) is 5.91 Å². The molecule has 122 valence electrons. The molecule has 0 saturated carbocycles. The molecule has 2 aromatic rings. The maximum Gasteiger partial charge on any atom is 0.316 e. The fourth-order valence-corrected chi connectivity index (χ4v) is 3.45. The van der Waals surface area contributed by atoms with Crippen molar-refractivity contribution in [2.75, 3.05) is 17.7 Å². The number of thioether (sulfide) groups is 1. The highest BCUT2D eigenvalue weighted by Crippen LogP contribution is 2.26. The first-order valence-electron chi connectivity index (χ1n) is 6.38. The number of esters is 1. The first-order chi connectivity index (χ1) is 11.0. The van der Waals surface area contributed by atoms with Crippen molar-refractivity contribution in [2.45, 2.75) is 11.3 Å². The normalized spacial score (nSPS) is 10.4. The summed E-state index contributed by atoms with van der Waals surface area (Å²) in [4.78, 5) is 23.4. The number of halogens is 2. The van der Waals surface area contributed by atoms with Gasteiger partial charge in [-0.3, -0.25) is 14.9 Å². The van der Waals surface area contributed by atoms with Crippen LogP contribution in [0.3, 0.4) is 0 Å². The van der Waals surface area contributed by atoms with Crippen molar-refractivity contribution in [1.82, 2.24) is 10.2 Å². The topological polar surface area (TPSA) is 81.2 Å². The molecule has 0 aliphatic rings. The zero-order valence-electron chi connectivity index (χ0n) is 11.8. The number of hydrogen-bond donors (Lipinski definition) is 1. The lowest BCUT2D eigenvalue weighted by Crippen LogP contribution is -2.12. The molecule has 0 aliphatic carbocycles. The third kappa shape index (κ3) is 5.26. The average molecular weight is 420 g/mol. The van der Waals surface area contributed by atoms with E-state index in [2.05, 4.69) is 31.4 Å². The highest BCUT2D eigenvalue weighted by atomic mass is 79.9. The molecule has 10 heteroatoms. The third-order valence-corrected chi connectivity index (χ3v) is 5.06. The highest BCUT2D eigenvalue weighted by molar-refractivity contribution is 9.10. The summed E-state index contributed by atoms with van der Waals surface area (Å²) in [5.41, 5.74) is 0.154. The number of carbonyl (C=O) groups excluding carboxylic acids is 2. The molecule has 1 aromatic carbocycles. The van der Waals surface area contributed by atoms with Gasteiger partial charge < -0.3 is 4.74 Å². The van der Waals surface area contributed by atoms with E-state index in [9.17, 15) is 14.0 Å². The van der Waals surface area contributed by atoms with Crippen molar-refractivity contribution in [3.63, 3.8) is 0 Å². The Kier molecular flexibility index (Phi) is 6.48. The lowest BCUT2D eigenvalue weighted by atomic mass is 10.2. The van der Waals surface area contributed by atoms with Crippen molar-refractivity contribution in [3.05, 3.63) is 34.1 Å². The molecule has 0 saturated heterocycles. The number of nitrogens with zero attached hydrogens (tertiary/aromatic N) is 2. The Hall–Kier alpha value is -1.52. The van der Waals surface area contributed by atoms with Gasteiger partial charge in [0.15, 0.2) is 4.34 Å². The number of anilines is 1. The van der Waals surface area contributed by atoms with E-state index in [1.165, 1.54) is 23.9 Å². The quantitative estimate of drug-likeness (QED) is 0.439. The summed E-state index contributed by atoms with van der Waals surface area (Å²) in [6.07, 6.45) is 0. The Morgan fingerprint density at radius 1 is 1.43 bits per heavy atom. The Balaban J connectivity index is 1.97. The van der Waals surface area contributed by atoms with E-state index in [1.54, 1.807) is 6.92 Å². The van der Waals surface area contributed by atoms with Crippen molar-refractivity contribution >= 4 is 56.0 Å². The van der Waals surface area contributed by atoms with Gasteiger partial charge >= 0.3 is 5.97 Å². The molecule has 0 radical (unpaired) electrons. The molecule has 1 heterocycles. The summed E-state index contributed by atoms with van der Waals surface area (Å²) in [5, 5.41) is 10.5. The fourth-order valence-electron chi connectivity index (χ4n) is 1.48. The van der Waals surface area contributed by atoms with Crippen molar-refractivity contribution < 1.29 is 18.7 Å². The van der Waals surface area contributed by atoms with Crippen LogP contribution in [-0.4, -0.2) is 34.4 Å². The molecule has 0 atom stereocenters. The van der Waals surface area contributed by atoms with Gasteiger partial charge in [-0.1, -0.05) is 23.1 Å². The van der Waals surface area contributed by atoms with Gasteiger partial charge in [-0.05, 0) is 41.1 Å². The minimum Gasteiger partial charge on any atom is -0.465 e. The maximum absolute atomic E-state index is 13.2. The van der Waals surface area contributed by atoms with Crippen molar-refractivity contribution in [1.29, 1.82) is 0 Å². The first-order valence-corrected chi connectivity index (χ1v) is 8.97. The molecule has 1 aromatic heterocycles. The fraction of sp³-hybridized carbons (Fsp3) is 0.231. The maximum atomic E-state index is 13.2. The van der Waals surface area contributed by atoms with Crippen LogP contribution < -0.4 is 5.32 Å². The number of nitrogens with one attached hydrogen (secondary N) is 1. The number of rotatable bonds is 6. The molecule has 2 rings (SSSR count). The van der Waals surface area contributed by atoms with E-state index < -0.39 is 11.7 Å². The van der Waals surface area contributed by atoms with Crippen LogP contribution in [0.25, 0.3) is 0 Å². The summed E-state index contributed by atoms with van der Waals surface area (Å²) < 4.78 is 19.0. The lowest BCUT2D eigenvalue weighted by Gasteiger charge is -2.03. The zero-order valence-corrected chi connectivity index (χ0v) is 15.1.